The predicted octanol–water partition coefficient (Wildman–Crippen LogP) is 2.47. The van der Waals surface area contributed by atoms with Crippen molar-refractivity contribution in [1.29, 1.82) is 0 Å². The Kier molecular flexibility index (Phi) is 4.69. The number of hydrogen-bond donors (Lipinski definition) is 1. The minimum atomic E-state index is -0.000756. The molecule has 5 nitrogen and oxygen atoms in total. The van der Waals surface area contributed by atoms with Crippen molar-refractivity contribution in [2.24, 2.45) is 17.8 Å². The van der Waals surface area contributed by atoms with Crippen molar-refractivity contribution in [1.82, 2.24) is 10.3 Å². The van der Waals surface area contributed by atoms with Gasteiger partial charge < -0.3 is 15.0 Å². The summed E-state index contributed by atoms with van der Waals surface area (Å²) < 4.78 is 5.35. The third kappa shape index (κ3) is 3.41. The number of nitrogens with one attached hydrogen (secondary N) is 1. The van der Waals surface area contributed by atoms with Crippen LogP contribution >= 0.6 is 0 Å². The number of amides is 1. The number of morpholine rings is 1. The number of aromatic nitrogens is 1. The van der Waals surface area contributed by atoms with Crippen LogP contribution in [-0.2, 0) is 4.74 Å². The number of carbonyl (C=O) groups is 1. The summed E-state index contributed by atoms with van der Waals surface area (Å²) in [4.78, 5) is 18.9. The molecule has 1 saturated heterocycles. The van der Waals surface area contributed by atoms with Crippen molar-refractivity contribution in [3.63, 3.8) is 0 Å². The van der Waals surface area contributed by atoms with Gasteiger partial charge in [0.1, 0.15) is 5.82 Å². The number of fused-ring (bicyclic) bond motifs is 2. The van der Waals surface area contributed by atoms with E-state index in [-0.39, 0.29) is 5.91 Å². The second kappa shape index (κ2) is 7.09. The van der Waals surface area contributed by atoms with E-state index in [0.717, 1.165) is 62.8 Å². The number of nitrogens with zero attached hydrogens (tertiary/aromatic N) is 2. The summed E-state index contributed by atoms with van der Waals surface area (Å²) in [5.74, 6) is 3.68. The minimum absolute atomic E-state index is 0.000756. The molecule has 1 aliphatic heterocycles. The Bertz CT molecular complexity index is 568. The number of pyridine rings is 1. The zero-order valence-electron chi connectivity index (χ0n) is 14.2. The molecule has 2 bridgehead atoms. The zero-order chi connectivity index (χ0) is 16.4. The van der Waals surface area contributed by atoms with Crippen molar-refractivity contribution >= 4 is 11.7 Å². The molecule has 2 aliphatic carbocycles. The highest BCUT2D eigenvalue weighted by molar-refractivity contribution is 5.94. The van der Waals surface area contributed by atoms with Crippen molar-refractivity contribution in [3.8, 4) is 0 Å². The number of hydrogen-bond acceptors (Lipinski definition) is 4. The standard InChI is InChI=1S/C19H27N3O2/c23-19(20-6-5-16-12-14-1-2-15(16)11-14)17-3-4-18(21-13-17)22-7-9-24-10-8-22/h3-4,13-16H,1-2,5-12H2,(H,20,23)/t14-,15-,16-/m0/s1. The second-order valence-electron chi connectivity index (χ2n) is 7.48. The van der Waals surface area contributed by atoms with Crippen LogP contribution < -0.4 is 10.2 Å². The second-order valence-corrected chi connectivity index (χ2v) is 7.48. The van der Waals surface area contributed by atoms with Crippen molar-refractivity contribution in [2.75, 3.05) is 37.7 Å². The molecule has 1 aromatic rings. The molecule has 4 rings (SSSR count). The molecule has 1 aromatic heterocycles. The Labute approximate surface area is 143 Å². The van der Waals surface area contributed by atoms with E-state index in [0.29, 0.717) is 5.56 Å². The van der Waals surface area contributed by atoms with Gasteiger partial charge in [0.15, 0.2) is 0 Å². The molecule has 0 radical (unpaired) electrons. The Morgan fingerprint density at radius 1 is 1.25 bits per heavy atom. The van der Waals surface area contributed by atoms with Gasteiger partial charge in [-0.05, 0) is 55.6 Å². The molecule has 24 heavy (non-hydrogen) atoms. The van der Waals surface area contributed by atoms with E-state index in [1.54, 1.807) is 6.20 Å². The van der Waals surface area contributed by atoms with Gasteiger partial charge in [0.05, 0.1) is 18.8 Å². The molecule has 3 aliphatic rings. The topological polar surface area (TPSA) is 54.5 Å². The first kappa shape index (κ1) is 15.9. The van der Waals surface area contributed by atoms with Crippen LogP contribution in [-0.4, -0.2) is 43.7 Å². The molecule has 130 valence electrons. The van der Waals surface area contributed by atoms with E-state index in [2.05, 4.69) is 15.2 Å². The molecule has 1 amide bonds. The number of rotatable bonds is 5. The van der Waals surface area contributed by atoms with E-state index in [4.69, 9.17) is 4.74 Å². The van der Waals surface area contributed by atoms with Crippen LogP contribution in [0.25, 0.3) is 0 Å². The molecule has 0 aromatic carbocycles. The lowest BCUT2D eigenvalue weighted by molar-refractivity contribution is 0.0949. The first-order valence-electron chi connectivity index (χ1n) is 9.36. The summed E-state index contributed by atoms with van der Waals surface area (Å²) in [5, 5.41) is 3.07. The van der Waals surface area contributed by atoms with E-state index in [1.807, 2.05) is 12.1 Å². The monoisotopic (exact) mass is 329 g/mol. The first-order valence-corrected chi connectivity index (χ1v) is 9.36. The number of anilines is 1. The molecule has 3 fully saturated rings. The van der Waals surface area contributed by atoms with Gasteiger partial charge in [0.25, 0.3) is 5.91 Å². The molecular formula is C19H27N3O2. The van der Waals surface area contributed by atoms with Crippen molar-refractivity contribution < 1.29 is 9.53 Å². The Morgan fingerprint density at radius 2 is 2.12 bits per heavy atom. The van der Waals surface area contributed by atoms with Gasteiger partial charge in [-0.2, -0.15) is 0 Å². The fraction of sp³-hybridized carbons (Fsp3) is 0.684. The summed E-state index contributed by atoms with van der Waals surface area (Å²) in [6.45, 7) is 4.00. The zero-order valence-corrected chi connectivity index (χ0v) is 14.2. The lowest BCUT2D eigenvalue weighted by Crippen LogP contribution is -2.36. The summed E-state index contributed by atoms with van der Waals surface area (Å²) in [7, 11) is 0. The molecule has 0 spiro atoms. The number of ether oxygens (including phenoxy) is 1. The maximum Gasteiger partial charge on any atom is 0.252 e. The fourth-order valence-electron chi connectivity index (χ4n) is 4.70. The average Bonchev–Trinajstić information content (AvgIpc) is 3.26. The van der Waals surface area contributed by atoms with Crippen LogP contribution in [0.4, 0.5) is 5.82 Å². The molecule has 2 saturated carbocycles. The Balaban J connectivity index is 1.25. The highest BCUT2D eigenvalue weighted by Gasteiger charge is 2.38. The Hall–Kier alpha value is -1.62. The normalized spacial score (nSPS) is 29.0. The van der Waals surface area contributed by atoms with Gasteiger partial charge >= 0.3 is 0 Å². The van der Waals surface area contributed by atoms with E-state index >= 15 is 0 Å². The van der Waals surface area contributed by atoms with Gasteiger partial charge in [-0.3, -0.25) is 4.79 Å². The summed E-state index contributed by atoms with van der Waals surface area (Å²) in [6.07, 6.45) is 8.50. The summed E-state index contributed by atoms with van der Waals surface area (Å²) >= 11 is 0. The van der Waals surface area contributed by atoms with Gasteiger partial charge in [-0.15, -0.1) is 0 Å². The largest absolute Gasteiger partial charge is 0.378 e. The quantitative estimate of drug-likeness (QED) is 0.902. The lowest BCUT2D eigenvalue weighted by Gasteiger charge is -2.27. The average molecular weight is 329 g/mol. The molecule has 2 heterocycles. The Morgan fingerprint density at radius 3 is 2.79 bits per heavy atom. The number of carbonyl (C=O) groups excluding carboxylic acids is 1. The van der Waals surface area contributed by atoms with Gasteiger partial charge in [-0.25, -0.2) is 4.98 Å². The molecule has 1 N–H and O–H groups in total. The van der Waals surface area contributed by atoms with Crippen LogP contribution in [0.2, 0.25) is 0 Å². The first-order chi connectivity index (χ1) is 11.8. The van der Waals surface area contributed by atoms with Crippen LogP contribution in [0.15, 0.2) is 18.3 Å². The molecular weight excluding hydrogens is 302 g/mol. The highest BCUT2D eigenvalue weighted by atomic mass is 16.5. The van der Waals surface area contributed by atoms with Crippen LogP contribution in [0.5, 0.6) is 0 Å². The van der Waals surface area contributed by atoms with Gasteiger partial charge in [0, 0.05) is 25.8 Å². The van der Waals surface area contributed by atoms with Crippen LogP contribution in [0.3, 0.4) is 0 Å². The summed E-state index contributed by atoms with van der Waals surface area (Å²) in [5.41, 5.74) is 0.653. The van der Waals surface area contributed by atoms with E-state index < -0.39 is 0 Å². The SMILES string of the molecule is O=C(NCC[C@H]1C[C@H]2CC[C@H]1C2)c1ccc(N2CCOCC2)nc1. The summed E-state index contributed by atoms with van der Waals surface area (Å²) in [6, 6.07) is 3.82. The van der Waals surface area contributed by atoms with Gasteiger partial charge in [-0.1, -0.05) is 6.42 Å². The molecule has 0 unspecified atom stereocenters. The van der Waals surface area contributed by atoms with Crippen LogP contribution in [0.1, 0.15) is 42.5 Å². The molecule has 3 atom stereocenters. The lowest BCUT2D eigenvalue weighted by atomic mass is 9.86. The third-order valence-corrected chi connectivity index (χ3v) is 6.03. The van der Waals surface area contributed by atoms with Crippen molar-refractivity contribution in [2.45, 2.75) is 32.1 Å². The van der Waals surface area contributed by atoms with Crippen LogP contribution in [0, 0.1) is 17.8 Å². The van der Waals surface area contributed by atoms with E-state index in [9.17, 15) is 4.79 Å². The van der Waals surface area contributed by atoms with Gasteiger partial charge in [0.2, 0.25) is 0 Å². The maximum absolute atomic E-state index is 12.3. The minimum Gasteiger partial charge on any atom is -0.378 e. The predicted molar refractivity (Wildman–Crippen MR) is 93.2 cm³/mol. The van der Waals surface area contributed by atoms with E-state index in [1.165, 1.54) is 25.7 Å². The fourth-order valence-corrected chi connectivity index (χ4v) is 4.70. The molecule has 5 heteroatoms. The maximum atomic E-state index is 12.3. The van der Waals surface area contributed by atoms with Crippen molar-refractivity contribution in [3.05, 3.63) is 23.9 Å². The smallest absolute Gasteiger partial charge is 0.252 e. The third-order valence-electron chi connectivity index (χ3n) is 6.03. The highest BCUT2D eigenvalue weighted by Crippen LogP contribution is 2.49.